The van der Waals surface area contributed by atoms with E-state index >= 15 is 0 Å². The topological polar surface area (TPSA) is 12.5 Å². The molecule has 2 nitrogen and oxygen atoms in total. The van der Waals surface area contributed by atoms with Crippen LogP contribution in [0.3, 0.4) is 0 Å². The molecule has 0 N–H and O–H groups in total. The summed E-state index contributed by atoms with van der Waals surface area (Å²) in [6.07, 6.45) is 1.82. The van der Waals surface area contributed by atoms with Gasteiger partial charge in [-0.2, -0.15) is 0 Å². The fourth-order valence-electron chi connectivity index (χ4n) is 0.494. The standard InChI is InChI=1S/C7H14NO/c1-4-5-8(2)6-7-9-3/h4H,1-2,5-7H2,3H3/q-1. The van der Waals surface area contributed by atoms with Crippen LogP contribution in [0.1, 0.15) is 0 Å². The van der Waals surface area contributed by atoms with Crippen molar-refractivity contribution < 1.29 is 4.74 Å². The molecule has 0 aromatic rings. The third-order valence-electron chi connectivity index (χ3n) is 0.999. The lowest BCUT2D eigenvalue weighted by molar-refractivity contribution is 0.172. The minimum absolute atomic E-state index is 0.733. The van der Waals surface area contributed by atoms with Gasteiger partial charge in [-0.15, -0.1) is 6.58 Å². The minimum atomic E-state index is 0.733. The summed E-state index contributed by atoms with van der Waals surface area (Å²) >= 11 is 0. The van der Waals surface area contributed by atoms with Crippen molar-refractivity contribution in [1.82, 2.24) is 4.90 Å². The molecule has 0 unspecified atom stereocenters. The zero-order valence-corrected chi connectivity index (χ0v) is 5.97. The van der Waals surface area contributed by atoms with Gasteiger partial charge in [-0.1, -0.05) is 6.08 Å². The molecule has 0 rings (SSSR count). The van der Waals surface area contributed by atoms with E-state index in [1.165, 1.54) is 0 Å². The monoisotopic (exact) mass is 128 g/mol. The lowest BCUT2D eigenvalue weighted by Gasteiger charge is -2.21. The molecule has 54 valence electrons. The molecule has 0 bridgehead atoms. The van der Waals surface area contributed by atoms with Crippen LogP contribution in [-0.4, -0.2) is 31.7 Å². The summed E-state index contributed by atoms with van der Waals surface area (Å²) < 4.78 is 4.84. The molecule has 0 saturated carbocycles. The van der Waals surface area contributed by atoms with Crippen molar-refractivity contribution >= 4 is 0 Å². The first-order valence-electron chi connectivity index (χ1n) is 2.96. The van der Waals surface area contributed by atoms with Gasteiger partial charge in [0.15, 0.2) is 0 Å². The van der Waals surface area contributed by atoms with Gasteiger partial charge in [0.1, 0.15) is 0 Å². The van der Waals surface area contributed by atoms with Gasteiger partial charge < -0.3 is 9.64 Å². The average molecular weight is 128 g/mol. The molecular formula is C7H14NO-. The Morgan fingerprint density at radius 2 is 2.44 bits per heavy atom. The van der Waals surface area contributed by atoms with Crippen molar-refractivity contribution in [2.24, 2.45) is 0 Å². The fraction of sp³-hybridized carbons (Fsp3) is 0.571. The smallest absolute Gasteiger partial charge is 0.0565 e. The summed E-state index contributed by atoms with van der Waals surface area (Å²) in [5.74, 6) is 0. The summed E-state index contributed by atoms with van der Waals surface area (Å²) in [5, 5.41) is 0. The van der Waals surface area contributed by atoms with Crippen molar-refractivity contribution in [1.29, 1.82) is 0 Å². The summed E-state index contributed by atoms with van der Waals surface area (Å²) in [4.78, 5) is 1.90. The highest BCUT2D eigenvalue weighted by Gasteiger charge is 1.84. The Hall–Kier alpha value is -0.340. The van der Waals surface area contributed by atoms with Crippen molar-refractivity contribution in [3.05, 3.63) is 19.7 Å². The summed E-state index contributed by atoms with van der Waals surface area (Å²) in [7, 11) is 5.43. The molecule has 0 atom stereocenters. The van der Waals surface area contributed by atoms with Crippen LogP contribution >= 0.6 is 0 Å². The molecule has 0 aliphatic heterocycles. The van der Waals surface area contributed by atoms with Gasteiger partial charge in [-0.05, 0) is 13.1 Å². The van der Waals surface area contributed by atoms with E-state index in [9.17, 15) is 0 Å². The van der Waals surface area contributed by atoms with Crippen molar-refractivity contribution in [3.63, 3.8) is 0 Å². The third kappa shape index (κ3) is 5.53. The Labute approximate surface area is 57.1 Å². The highest BCUT2D eigenvalue weighted by atomic mass is 16.5. The van der Waals surface area contributed by atoms with Gasteiger partial charge in [0.05, 0.1) is 6.61 Å². The number of methoxy groups -OCH3 is 1. The van der Waals surface area contributed by atoms with E-state index < -0.39 is 0 Å². The average Bonchev–Trinajstić information content (AvgIpc) is 1.85. The van der Waals surface area contributed by atoms with Crippen LogP contribution in [0, 0.1) is 7.05 Å². The van der Waals surface area contributed by atoms with E-state index in [4.69, 9.17) is 4.74 Å². The Balaban J connectivity index is 3.04. The molecular weight excluding hydrogens is 114 g/mol. The molecule has 0 aliphatic carbocycles. The maximum Gasteiger partial charge on any atom is 0.0565 e. The molecule has 0 fully saturated rings. The van der Waals surface area contributed by atoms with Crippen LogP contribution in [0.4, 0.5) is 0 Å². The molecule has 0 radical (unpaired) electrons. The van der Waals surface area contributed by atoms with Crippen LogP contribution < -0.4 is 0 Å². The lowest BCUT2D eigenvalue weighted by atomic mass is 10.5. The molecule has 2 heteroatoms. The highest BCUT2D eigenvalue weighted by Crippen LogP contribution is 1.83. The summed E-state index contributed by atoms with van der Waals surface area (Å²) in [5.41, 5.74) is 0. The Kier molecular flexibility index (Phi) is 5.57. The molecule has 0 aromatic heterocycles. The van der Waals surface area contributed by atoms with E-state index in [0.29, 0.717) is 0 Å². The predicted octanol–water partition coefficient (Wildman–Crippen LogP) is 0.912. The second-order valence-electron chi connectivity index (χ2n) is 1.86. The van der Waals surface area contributed by atoms with Gasteiger partial charge in [-0.3, -0.25) is 7.05 Å². The van der Waals surface area contributed by atoms with Crippen LogP contribution in [0.25, 0.3) is 0 Å². The fourth-order valence-corrected chi connectivity index (χ4v) is 0.494. The van der Waals surface area contributed by atoms with E-state index in [1.807, 2.05) is 11.0 Å². The molecule has 0 aromatic carbocycles. The zero-order chi connectivity index (χ0) is 7.11. The third-order valence-corrected chi connectivity index (χ3v) is 0.999. The molecule has 0 spiro atoms. The second kappa shape index (κ2) is 5.79. The first-order chi connectivity index (χ1) is 4.31. The predicted molar refractivity (Wildman–Crippen MR) is 39.0 cm³/mol. The van der Waals surface area contributed by atoms with E-state index in [2.05, 4.69) is 13.6 Å². The first kappa shape index (κ1) is 8.66. The molecule has 0 aliphatic rings. The number of ether oxygens (including phenoxy) is 1. The Morgan fingerprint density at radius 1 is 1.78 bits per heavy atom. The highest BCUT2D eigenvalue weighted by molar-refractivity contribution is 4.72. The van der Waals surface area contributed by atoms with Gasteiger partial charge in [-0.25, -0.2) is 0 Å². The summed E-state index contributed by atoms with van der Waals surface area (Å²) in [6.45, 7) is 6.01. The number of rotatable bonds is 5. The molecule has 0 heterocycles. The molecule has 9 heavy (non-hydrogen) atoms. The van der Waals surface area contributed by atoms with E-state index in [-0.39, 0.29) is 0 Å². The van der Waals surface area contributed by atoms with Gasteiger partial charge in [0.2, 0.25) is 0 Å². The van der Waals surface area contributed by atoms with Crippen molar-refractivity contribution in [3.8, 4) is 0 Å². The normalized spacial score (nSPS) is 10.1. The van der Waals surface area contributed by atoms with Crippen molar-refractivity contribution in [2.45, 2.75) is 0 Å². The minimum Gasteiger partial charge on any atom is -0.454 e. The maximum absolute atomic E-state index is 4.84. The SMILES string of the molecule is C=CCN([CH2-])CCOC. The van der Waals surface area contributed by atoms with Gasteiger partial charge >= 0.3 is 0 Å². The number of hydrogen-bond donors (Lipinski definition) is 0. The summed E-state index contributed by atoms with van der Waals surface area (Å²) in [6, 6.07) is 0. The zero-order valence-electron chi connectivity index (χ0n) is 5.97. The first-order valence-corrected chi connectivity index (χ1v) is 2.96. The van der Waals surface area contributed by atoms with Crippen LogP contribution in [0.2, 0.25) is 0 Å². The van der Waals surface area contributed by atoms with Gasteiger partial charge in [0, 0.05) is 7.11 Å². The van der Waals surface area contributed by atoms with Crippen LogP contribution in [-0.2, 0) is 4.74 Å². The number of hydrogen-bond acceptors (Lipinski definition) is 2. The molecule has 0 amide bonds. The van der Waals surface area contributed by atoms with Crippen LogP contribution in [0.5, 0.6) is 0 Å². The quantitative estimate of drug-likeness (QED) is 0.403. The van der Waals surface area contributed by atoms with E-state index in [1.54, 1.807) is 7.11 Å². The van der Waals surface area contributed by atoms with E-state index in [0.717, 1.165) is 19.7 Å². The second-order valence-corrected chi connectivity index (χ2v) is 1.86. The maximum atomic E-state index is 4.84. The largest absolute Gasteiger partial charge is 0.454 e. The molecule has 0 saturated heterocycles. The lowest BCUT2D eigenvalue weighted by Crippen LogP contribution is -2.20. The van der Waals surface area contributed by atoms with Gasteiger partial charge in [0.25, 0.3) is 0 Å². The van der Waals surface area contributed by atoms with Crippen molar-refractivity contribution in [2.75, 3.05) is 26.8 Å². The Morgan fingerprint density at radius 3 is 2.89 bits per heavy atom. The van der Waals surface area contributed by atoms with Crippen LogP contribution in [0.15, 0.2) is 12.7 Å². The number of nitrogens with zero attached hydrogens (tertiary/aromatic N) is 1. The Bertz CT molecular complexity index is 73.3.